The summed E-state index contributed by atoms with van der Waals surface area (Å²) in [6, 6.07) is 9.77. The van der Waals surface area contributed by atoms with Crippen LogP contribution in [0.2, 0.25) is 0 Å². The maximum absolute atomic E-state index is 13.1. The summed E-state index contributed by atoms with van der Waals surface area (Å²) in [6.07, 6.45) is 3.26. The van der Waals surface area contributed by atoms with Gasteiger partial charge in [-0.25, -0.2) is 0 Å². The molecule has 160 valence electrons. The largest absolute Gasteiger partial charge is 0.487 e. The Labute approximate surface area is 182 Å². The molecule has 0 amide bonds. The fourth-order valence-electron chi connectivity index (χ4n) is 4.29. The van der Waals surface area contributed by atoms with Gasteiger partial charge in [-0.2, -0.15) is 0 Å². The highest BCUT2D eigenvalue weighted by molar-refractivity contribution is 5.98. The van der Waals surface area contributed by atoms with Crippen molar-refractivity contribution < 1.29 is 9.53 Å². The second-order valence-corrected chi connectivity index (χ2v) is 9.11. The number of aromatic amines is 1. The summed E-state index contributed by atoms with van der Waals surface area (Å²) >= 11 is 0. The topological polar surface area (TPSA) is 72.0 Å². The number of rotatable bonds is 5. The van der Waals surface area contributed by atoms with Gasteiger partial charge in [-0.1, -0.05) is 6.07 Å². The predicted octanol–water partition coefficient (Wildman–Crippen LogP) is 4.89. The molecular formula is C26H28N2O3. The predicted molar refractivity (Wildman–Crippen MR) is 122 cm³/mol. The molecule has 5 nitrogen and oxygen atoms in total. The third-order valence-corrected chi connectivity index (χ3v) is 5.80. The molecule has 4 rings (SSSR count). The number of ether oxygens (including phenoxy) is 1. The first-order chi connectivity index (χ1) is 14.6. The first-order valence-electron chi connectivity index (χ1n) is 10.6. The van der Waals surface area contributed by atoms with Crippen LogP contribution >= 0.6 is 0 Å². The summed E-state index contributed by atoms with van der Waals surface area (Å²) in [6.45, 7) is 9.83. The van der Waals surface area contributed by atoms with Gasteiger partial charge in [0.15, 0.2) is 5.78 Å². The normalized spacial score (nSPS) is 14.2. The molecule has 1 aliphatic heterocycles. The lowest BCUT2D eigenvalue weighted by Gasteiger charge is -2.18. The molecular weight excluding hydrogens is 388 g/mol. The van der Waals surface area contributed by atoms with Crippen molar-refractivity contribution in [2.75, 3.05) is 0 Å². The molecule has 1 aromatic carbocycles. The average Bonchev–Trinajstić information content (AvgIpc) is 3.00. The van der Waals surface area contributed by atoms with Gasteiger partial charge in [-0.3, -0.25) is 14.6 Å². The fourth-order valence-corrected chi connectivity index (χ4v) is 4.29. The van der Waals surface area contributed by atoms with Crippen LogP contribution in [0.25, 0.3) is 11.1 Å². The zero-order chi connectivity index (χ0) is 22.3. The van der Waals surface area contributed by atoms with Crippen LogP contribution in [0.4, 0.5) is 0 Å². The molecule has 1 aliphatic rings. The quantitative estimate of drug-likeness (QED) is 0.601. The van der Waals surface area contributed by atoms with Crippen molar-refractivity contribution >= 4 is 5.78 Å². The Kier molecular flexibility index (Phi) is 5.29. The SMILES string of the molecule is Cc1ccc(-c2cc(C(=O)CCc3c(C)cc(C)[nH]c3=O)cc3c2OC(C)(C)C3)cn1. The number of aromatic nitrogens is 2. The van der Waals surface area contributed by atoms with Gasteiger partial charge in [0.25, 0.3) is 5.56 Å². The summed E-state index contributed by atoms with van der Waals surface area (Å²) in [5, 5.41) is 0. The van der Waals surface area contributed by atoms with Crippen molar-refractivity contribution in [2.24, 2.45) is 0 Å². The molecule has 0 saturated carbocycles. The Morgan fingerprint density at radius 3 is 2.61 bits per heavy atom. The van der Waals surface area contributed by atoms with Crippen molar-refractivity contribution in [3.05, 3.63) is 80.5 Å². The van der Waals surface area contributed by atoms with Crippen molar-refractivity contribution in [2.45, 2.75) is 59.5 Å². The van der Waals surface area contributed by atoms with E-state index in [4.69, 9.17) is 4.74 Å². The number of pyridine rings is 2. The van der Waals surface area contributed by atoms with Gasteiger partial charge in [0.1, 0.15) is 11.4 Å². The van der Waals surface area contributed by atoms with E-state index < -0.39 is 0 Å². The summed E-state index contributed by atoms with van der Waals surface area (Å²) in [5.41, 5.74) is 6.44. The maximum atomic E-state index is 13.1. The number of aryl methyl sites for hydroxylation is 3. The molecule has 0 saturated heterocycles. The number of Topliss-reactive ketones (excluding diaryl/α,β-unsaturated/α-hetero) is 1. The van der Waals surface area contributed by atoms with Crippen molar-refractivity contribution in [1.82, 2.24) is 9.97 Å². The summed E-state index contributed by atoms with van der Waals surface area (Å²) in [5.74, 6) is 0.853. The van der Waals surface area contributed by atoms with Crippen LogP contribution in [0.3, 0.4) is 0 Å². The van der Waals surface area contributed by atoms with E-state index in [0.717, 1.165) is 45.8 Å². The number of hydrogen-bond donors (Lipinski definition) is 1. The average molecular weight is 417 g/mol. The Morgan fingerprint density at radius 2 is 1.94 bits per heavy atom. The van der Waals surface area contributed by atoms with Crippen LogP contribution in [0.1, 0.15) is 58.7 Å². The Morgan fingerprint density at radius 1 is 1.16 bits per heavy atom. The molecule has 31 heavy (non-hydrogen) atoms. The highest BCUT2D eigenvalue weighted by atomic mass is 16.5. The van der Waals surface area contributed by atoms with Crippen LogP contribution < -0.4 is 10.3 Å². The fraction of sp³-hybridized carbons (Fsp3) is 0.346. The van der Waals surface area contributed by atoms with Crippen LogP contribution in [0.5, 0.6) is 5.75 Å². The van der Waals surface area contributed by atoms with E-state index in [0.29, 0.717) is 17.5 Å². The molecule has 5 heteroatoms. The minimum Gasteiger partial charge on any atom is -0.487 e. The van der Waals surface area contributed by atoms with E-state index in [-0.39, 0.29) is 23.4 Å². The van der Waals surface area contributed by atoms with E-state index in [2.05, 4.69) is 23.8 Å². The van der Waals surface area contributed by atoms with E-state index in [1.165, 1.54) is 0 Å². The minimum absolute atomic E-state index is 0.0215. The van der Waals surface area contributed by atoms with Crippen LogP contribution in [0.15, 0.2) is 41.3 Å². The zero-order valence-corrected chi connectivity index (χ0v) is 18.8. The summed E-state index contributed by atoms with van der Waals surface area (Å²) < 4.78 is 6.23. The van der Waals surface area contributed by atoms with Gasteiger partial charge in [-0.15, -0.1) is 0 Å². The van der Waals surface area contributed by atoms with Crippen molar-refractivity contribution in [3.63, 3.8) is 0 Å². The number of H-pyrrole nitrogens is 1. The molecule has 2 aromatic heterocycles. The Bertz CT molecular complexity index is 1220. The van der Waals surface area contributed by atoms with Gasteiger partial charge in [0.05, 0.1) is 0 Å². The highest BCUT2D eigenvalue weighted by Crippen LogP contribution is 2.43. The second kappa shape index (κ2) is 7.80. The third kappa shape index (κ3) is 4.31. The Hall–Kier alpha value is -3.21. The first-order valence-corrected chi connectivity index (χ1v) is 10.6. The number of nitrogens with zero attached hydrogens (tertiary/aromatic N) is 1. The molecule has 0 bridgehead atoms. The number of fused-ring (bicyclic) bond motifs is 1. The second-order valence-electron chi connectivity index (χ2n) is 9.11. The van der Waals surface area contributed by atoms with Gasteiger partial charge < -0.3 is 9.72 Å². The zero-order valence-electron chi connectivity index (χ0n) is 18.8. The molecule has 0 aliphatic carbocycles. The van der Waals surface area contributed by atoms with E-state index in [1.54, 1.807) is 0 Å². The number of carbonyl (C=O) groups excluding carboxylic acids is 1. The smallest absolute Gasteiger partial charge is 0.251 e. The Balaban J connectivity index is 1.67. The van der Waals surface area contributed by atoms with Gasteiger partial charge in [0.2, 0.25) is 0 Å². The summed E-state index contributed by atoms with van der Waals surface area (Å²) in [4.78, 5) is 32.7. The molecule has 0 radical (unpaired) electrons. The number of hydrogen-bond acceptors (Lipinski definition) is 4. The molecule has 3 heterocycles. The van der Waals surface area contributed by atoms with E-state index >= 15 is 0 Å². The molecule has 0 atom stereocenters. The van der Waals surface area contributed by atoms with E-state index in [1.807, 2.05) is 57.3 Å². The van der Waals surface area contributed by atoms with E-state index in [9.17, 15) is 9.59 Å². The van der Waals surface area contributed by atoms with Crippen LogP contribution in [0, 0.1) is 20.8 Å². The third-order valence-electron chi connectivity index (χ3n) is 5.80. The van der Waals surface area contributed by atoms with Gasteiger partial charge in [0, 0.05) is 52.7 Å². The molecule has 1 N–H and O–H groups in total. The number of nitrogens with one attached hydrogen (secondary N) is 1. The number of benzene rings is 1. The highest BCUT2D eigenvalue weighted by Gasteiger charge is 2.33. The lowest BCUT2D eigenvalue weighted by Crippen LogP contribution is -2.24. The standard InChI is InChI=1S/C26H28N2O3/c1-15-10-17(3)28-25(30)21(15)8-9-23(29)19-11-20-13-26(4,5)31-24(20)22(12-19)18-7-6-16(2)27-14-18/h6-7,10-12,14H,8-9,13H2,1-5H3,(H,28,30). The maximum Gasteiger partial charge on any atom is 0.251 e. The monoisotopic (exact) mass is 416 g/mol. The molecule has 0 fully saturated rings. The lowest BCUT2D eigenvalue weighted by atomic mass is 9.93. The van der Waals surface area contributed by atoms with Crippen molar-refractivity contribution in [1.29, 1.82) is 0 Å². The van der Waals surface area contributed by atoms with Crippen LogP contribution in [-0.4, -0.2) is 21.4 Å². The number of carbonyl (C=O) groups is 1. The van der Waals surface area contributed by atoms with Crippen molar-refractivity contribution in [3.8, 4) is 16.9 Å². The van der Waals surface area contributed by atoms with Crippen LogP contribution in [-0.2, 0) is 12.8 Å². The number of ketones is 1. The summed E-state index contributed by atoms with van der Waals surface area (Å²) in [7, 11) is 0. The lowest BCUT2D eigenvalue weighted by molar-refractivity contribution is 0.0982. The molecule has 0 unspecified atom stereocenters. The molecule has 0 spiro atoms. The molecule has 3 aromatic rings. The van der Waals surface area contributed by atoms with Gasteiger partial charge >= 0.3 is 0 Å². The minimum atomic E-state index is -0.316. The van der Waals surface area contributed by atoms with Gasteiger partial charge in [-0.05, 0) is 76.4 Å². The first kappa shape index (κ1) is 21.0.